The first kappa shape index (κ1) is 27.8. The molecule has 2 aromatic heterocycles. The number of nitrogens with zero attached hydrogens (tertiary/aromatic N) is 2. The summed E-state index contributed by atoms with van der Waals surface area (Å²) in [6.07, 6.45) is 2.18. The fraction of sp³-hybridized carbons (Fsp3) is 0.409. The maximum atomic E-state index is 11.2. The van der Waals surface area contributed by atoms with Crippen molar-refractivity contribution in [2.45, 2.75) is 47.1 Å². The van der Waals surface area contributed by atoms with Gasteiger partial charge in [0.1, 0.15) is 5.69 Å². The third-order valence-electron chi connectivity index (χ3n) is 5.33. The van der Waals surface area contributed by atoms with Gasteiger partial charge in [-0.25, -0.2) is 9.97 Å². The van der Waals surface area contributed by atoms with Crippen LogP contribution in [0.3, 0.4) is 0 Å². The van der Waals surface area contributed by atoms with Crippen molar-refractivity contribution in [1.29, 1.82) is 0 Å². The second kappa shape index (κ2) is 12.9. The summed E-state index contributed by atoms with van der Waals surface area (Å²) in [5.41, 5.74) is 4.63. The Kier molecular flexibility index (Phi) is 10.2. The monoisotopic (exact) mass is 529 g/mol. The number of fused-ring (bicyclic) bond motifs is 2. The van der Waals surface area contributed by atoms with Gasteiger partial charge in [0.05, 0.1) is 12.3 Å². The summed E-state index contributed by atoms with van der Waals surface area (Å²) in [5, 5.41) is 14.5. The van der Waals surface area contributed by atoms with Crippen LogP contribution in [-0.4, -0.2) is 46.4 Å². The molecule has 2 aliphatic rings. The van der Waals surface area contributed by atoms with E-state index in [9.17, 15) is 19.5 Å². The van der Waals surface area contributed by atoms with E-state index in [1.165, 1.54) is 0 Å². The second-order valence-electron chi connectivity index (χ2n) is 7.34. The Bertz CT molecular complexity index is 1180. The third-order valence-corrected chi connectivity index (χ3v) is 5.33. The molecule has 0 radical (unpaired) electrons. The standard InChI is InChI=1S/C11H14N2O3.C11H12N2O3.Mn.2O/c2*1-3-7-6(2)10-11(12-8(7)4-14)13-9(15)5-16-10;;;/h14H,3-5H2,1-2H3,(H,12,13,15);4H,3,5H2,1-2H3,(H,12,13,15);;;. The number of carbonyl (C=O) groups is 3. The average Bonchev–Trinajstić information content (AvgIpc) is 2.84. The molecule has 0 fully saturated rings. The van der Waals surface area contributed by atoms with E-state index in [-0.39, 0.29) is 31.6 Å². The Labute approximate surface area is 207 Å². The molecule has 13 heteroatoms. The number of aldehydes is 1. The minimum absolute atomic E-state index is 0.000883. The van der Waals surface area contributed by atoms with Gasteiger partial charge < -0.3 is 25.2 Å². The second-order valence-corrected chi connectivity index (χ2v) is 7.53. The van der Waals surface area contributed by atoms with Crippen LogP contribution >= 0.6 is 0 Å². The minimum atomic E-state index is -1.44. The summed E-state index contributed by atoms with van der Waals surface area (Å²) in [6, 6.07) is 0. The average molecular weight is 529 g/mol. The zero-order valence-corrected chi connectivity index (χ0v) is 20.9. The summed E-state index contributed by atoms with van der Waals surface area (Å²) < 4.78 is 27.5. The van der Waals surface area contributed by atoms with Crippen LogP contribution in [-0.2, 0) is 51.5 Å². The van der Waals surface area contributed by atoms with Gasteiger partial charge in [0.15, 0.2) is 42.6 Å². The van der Waals surface area contributed by atoms with Crippen molar-refractivity contribution in [3.05, 3.63) is 33.6 Å². The number of aromatic nitrogens is 2. The number of nitrogens with one attached hydrogen (secondary N) is 2. The van der Waals surface area contributed by atoms with Gasteiger partial charge in [0.2, 0.25) is 0 Å². The van der Waals surface area contributed by atoms with Crippen molar-refractivity contribution in [2.75, 3.05) is 23.8 Å². The first-order valence-electron chi connectivity index (χ1n) is 10.6. The van der Waals surface area contributed by atoms with E-state index in [0.29, 0.717) is 47.2 Å². The van der Waals surface area contributed by atoms with Gasteiger partial charge in [-0.15, -0.1) is 0 Å². The first-order chi connectivity index (χ1) is 16.8. The van der Waals surface area contributed by atoms with Gasteiger partial charge in [-0.3, -0.25) is 14.4 Å². The summed E-state index contributed by atoms with van der Waals surface area (Å²) in [5.74, 6) is 1.48. The SMILES string of the molecule is CCc1c(C=O)nc2c(c1C)OCC(=O)N2.CCc1c(CO)nc2c(c1C)OCC(=O)N2.[O]=[Mn]=[O]. The molecule has 0 atom stereocenters. The molecular formula is C22H26MnN4O8. The molecule has 0 aromatic carbocycles. The number of ether oxygens (including phenoxy) is 2. The van der Waals surface area contributed by atoms with Gasteiger partial charge in [-0.2, -0.15) is 0 Å². The number of hydrogen-bond acceptors (Lipinski definition) is 10. The van der Waals surface area contributed by atoms with Crippen molar-refractivity contribution in [3.8, 4) is 11.5 Å². The molecule has 2 aliphatic heterocycles. The molecule has 0 saturated carbocycles. The first-order valence-corrected chi connectivity index (χ1v) is 11.6. The molecule has 0 saturated heterocycles. The van der Waals surface area contributed by atoms with Crippen molar-refractivity contribution < 1.29 is 51.5 Å². The van der Waals surface area contributed by atoms with Crippen molar-refractivity contribution in [2.24, 2.45) is 0 Å². The molecular weight excluding hydrogens is 503 g/mol. The summed E-state index contributed by atoms with van der Waals surface area (Å²) in [7, 11) is 0. The summed E-state index contributed by atoms with van der Waals surface area (Å²) in [6.45, 7) is 7.62. The number of carbonyl (C=O) groups excluding carboxylic acids is 3. The van der Waals surface area contributed by atoms with E-state index in [2.05, 4.69) is 20.6 Å². The molecule has 189 valence electrons. The Morgan fingerprint density at radius 2 is 1.37 bits per heavy atom. The Morgan fingerprint density at radius 3 is 1.80 bits per heavy atom. The van der Waals surface area contributed by atoms with Crippen molar-refractivity contribution in [3.63, 3.8) is 0 Å². The van der Waals surface area contributed by atoms with Gasteiger partial charge >= 0.3 is 22.5 Å². The van der Waals surface area contributed by atoms with E-state index in [1.54, 1.807) is 0 Å². The molecule has 3 N–H and O–H groups in total. The molecule has 2 amide bonds. The zero-order chi connectivity index (χ0) is 26.1. The maximum absolute atomic E-state index is 11.2. The Balaban J connectivity index is 0.000000222. The molecule has 2 aromatic rings. The van der Waals surface area contributed by atoms with Gasteiger partial charge in [0, 0.05) is 11.1 Å². The fourth-order valence-electron chi connectivity index (χ4n) is 3.81. The normalized spacial score (nSPS) is 13.1. The van der Waals surface area contributed by atoms with E-state index in [4.69, 9.17) is 17.1 Å². The molecule has 12 nitrogen and oxygen atoms in total. The Hall–Kier alpha value is -3.41. The van der Waals surface area contributed by atoms with Crippen LogP contribution in [0.2, 0.25) is 0 Å². The number of pyridine rings is 2. The zero-order valence-electron chi connectivity index (χ0n) is 19.7. The van der Waals surface area contributed by atoms with E-state index in [0.717, 1.165) is 28.7 Å². The number of hydrogen-bond donors (Lipinski definition) is 3. The Morgan fingerprint density at radius 1 is 0.914 bits per heavy atom. The van der Waals surface area contributed by atoms with Crippen LogP contribution in [0.1, 0.15) is 52.3 Å². The molecule has 0 bridgehead atoms. The quantitative estimate of drug-likeness (QED) is 0.390. The van der Waals surface area contributed by atoms with E-state index < -0.39 is 14.8 Å². The molecule has 4 heterocycles. The van der Waals surface area contributed by atoms with Crippen LogP contribution < -0.4 is 20.1 Å². The van der Waals surface area contributed by atoms with Gasteiger partial charge in [0.25, 0.3) is 11.8 Å². The van der Waals surface area contributed by atoms with Crippen LogP contribution in [0.15, 0.2) is 0 Å². The molecule has 35 heavy (non-hydrogen) atoms. The predicted molar refractivity (Wildman–Crippen MR) is 118 cm³/mol. The van der Waals surface area contributed by atoms with E-state index in [1.807, 2.05) is 27.7 Å². The fourth-order valence-corrected chi connectivity index (χ4v) is 3.81. The number of anilines is 2. The number of aliphatic hydroxyl groups excluding tert-OH is 1. The van der Waals surface area contributed by atoms with Crippen LogP contribution in [0.5, 0.6) is 11.5 Å². The van der Waals surface area contributed by atoms with E-state index >= 15 is 0 Å². The molecule has 0 unspecified atom stereocenters. The molecule has 0 aliphatic carbocycles. The van der Waals surface area contributed by atoms with Crippen LogP contribution in [0.4, 0.5) is 11.6 Å². The number of aliphatic hydroxyl groups is 1. The van der Waals surface area contributed by atoms with Crippen molar-refractivity contribution in [1.82, 2.24) is 9.97 Å². The molecule has 4 rings (SSSR count). The number of amides is 2. The van der Waals surface area contributed by atoms with Gasteiger partial charge in [-0.1, -0.05) is 13.8 Å². The van der Waals surface area contributed by atoms with Crippen LogP contribution in [0, 0.1) is 13.8 Å². The number of rotatable bonds is 4. The topological polar surface area (TPSA) is 174 Å². The third kappa shape index (κ3) is 6.38. The van der Waals surface area contributed by atoms with Crippen molar-refractivity contribution >= 4 is 29.7 Å². The molecule has 0 spiro atoms. The van der Waals surface area contributed by atoms with Gasteiger partial charge in [-0.05, 0) is 37.8 Å². The predicted octanol–water partition coefficient (Wildman–Crippen LogP) is 1.63. The summed E-state index contributed by atoms with van der Waals surface area (Å²) >= 11 is -1.44. The summed E-state index contributed by atoms with van der Waals surface area (Å²) in [4.78, 5) is 41.5. The van der Waals surface area contributed by atoms with Crippen LogP contribution in [0.25, 0.3) is 0 Å².